The molecule has 1 saturated heterocycles. The molecule has 132 valence electrons. The molecule has 7 nitrogen and oxygen atoms in total. The molecule has 3 heterocycles. The lowest BCUT2D eigenvalue weighted by Crippen LogP contribution is -2.29. The second-order valence-electron chi connectivity index (χ2n) is 6.14. The summed E-state index contributed by atoms with van der Waals surface area (Å²) < 4.78 is 29.9. The Balaban J connectivity index is 1.59. The summed E-state index contributed by atoms with van der Waals surface area (Å²) in [7, 11) is -3.72. The van der Waals surface area contributed by atoms with Gasteiger partial charge in [0.05, 0.1) is 17.9 Å². The largest absolute Gasteiger partial charge is 0.360 e. The topological polar surface area (TPSA) is 91.8 Å². The fraction of sp³-hybridized carbons (Fsp3) is 0.312. The third-order valence-corrected chi connectivity index (χ3v) is 6.09. The first-order chi connectivity index (χ1) is 12.0. The number of hydrogen-bond donors (Lipinski definition) is 3. The summed E-state index contributed by atoms with van der Waals surface area (Å²) in [6.45, 7) is 1.90. The highest BCUT2D eigenvalue weighted by atomic mass is 35.5. The van der Waals surface area contributed by atoms with Crippen molar-refractivity contribution in [3.05, 3.63) is 41.8 Å². The molecular formula is C16H18ClN5O2S. The van der Waals surface area contributed by atoms with Gasteiger partial charge in [-0.1, -0.05) is 11.6 Å². The molecule has 2 aromatic heterocycles. The van der Waals surface area contributed by atoms with Gasteiger partial charge in [-0.25, -0.2) is 8.42 Å². The molecule has 4 rings (SSSR count). The van der Waals surface area contributed by atoms with Crippen LogP contribution in [0.4, 0.5) is 5.69 Å². The van der Waals surface area contributed by atoms with E-state index in [0.29, 0.717) is 27.7 Å². The van der Waals surface area contributed by atoms with Crippen molar-refractivity contribution in [1.29, 1.82) is 0 Å². The average molecular weight is 380 g/mol. The van der Waals surface area contributed by atoms with Crippen molar-refractivity contribution in [2.75, 3.05) is 17.8 Å². The summed E-state index contributed by atoms with van der Waals surface area (Å²) in [5, 5.41) is 8.77. The van der Waals surface area contributed by atoms with E-state index in [0.717, 1.165) is 25.9 Å². The Kier molecular flexibility index (Phi) is 4.18. The van der Waals surface area contributed by atoms with Crippen LogP contribution in [0.15, 0.2) is 41.7 Å². The van der Waals surface area contributed by atoms with E-state index < -0.39 is 10.0 Å². The fourth-order valence-corrected chi connectivity index (χ4v) is 4.55. The number of halogens is 1. The molecule has 25 heavy (non-hydrogen) atoms. The molecule has 3 aromatic rings. The molecule has 0 bridgehead atoms. The predicted molar refractivity (Wildman–Crippen MR) is 97.5 cm³/mol. The molecule has 0 spiro atoms. The molecule has 1 aliphatic heterocycles. The van der Waals surface area contributed by atoms with Crippen LogP contribution < -0.4 is 10.0 Å². The number of anilines is 1. The highest BCUT2D eigenvalue weighted by Gasteiger charge is 2.21. The van der Waals surface area contributed by atoms with Gasteiger partial charge in [0, 0.05) is 28.3 Å². The minimum atomic E-state index is -3.72. The smallest absolute Gasteiger partial charge is 0.264 e. The number of benzene rings is 1. The molecule has 9 heteroatoms. The number of fused-ring (bicyclic) bond motifs is 1. The highest BCUT2D eigenvalue weighted by molar-refractivity contribution is 7.93. The third kappa shape index (κ3) is 3.24. The molecule has 0 saturated carbocycles. The van der Waals surface area contributed by atoms with Crippen molar-refractivity contribution in [2.24, 2.45) is 0 Å². The summed E-state index contributed by atoms with van der Waals surface area (Å²) in [4.78, 5) is 3.14. The van der Waals surface area contributed by atoms with E-state index >= 15 is 0 Å². The first-order valence-electron chi connectivity index (χ1n) is 8.07. The number of rotatable bonds is 4. The van der Waals surface area contributed by atoms with Crippen molar-refractivity contribution in [2.45, 2.75) is 23.8 Å². The van der Waals surface area contributed by atoms with Crippen molar-refractivity contribution >= 4 is 38.2 Å². The van der Waals surface area contributed by atoms with Crippen LogP contribution in [0, 0.1) is 0 Å². The van der Waals surface area contributed by atoms with E-state index in [1.165, 1.54) is 6.20 Å². The average Bonchev–Trinajstić information content (AvgIpc) is 3.22. The van der Waals surface area contributed by atoms with Gasteiger partial charge in [-0.15, -0.1) is 0 Å². The minimum Gasteiger partial charge on any atom is -0.360 e. The van der Waals surface area contributed by atoms with Gasteiger partial charge in [0.1, 0.15) is 4.90 Å². The Morgan fingerprint density at radius 1 is 1.28 bits per heavy atom. The SMILES string of the molecule is O=S(=O)(Nc1cnn(C2CCNCC2)c1)c1c[nH]c2cc(Cl)ccc12. The predicted octanol–water partition coefficient (Wildman–Crippen LogP) is 2.74. The quantitative estimate of drug-likeness (QED) is 0.650. The third-order valence-electron chi connectivity index (χ3n) is 4.43. The van der Waals surface area contributed by atoms with Crippen molar-refractivity contribution in [1.82, 2.24) is 20.1 Å². The number of sulfonamides is 1. The lowest BCUT2D eigenvalue weighted by atomic mass is 10.1. The molecule has 1 aliphatic rings. The van der Waals surface area contributed by atoms with E-state index in [1.54, 1.807) is 30.6 Å². The number of aromatic amines is 1. The first-order valence-corrected chi connectivity index (χ1v) is 9.93. The Labute approximate surface area is 150 Å². The molecule has 1 fully saturated rings. The van der Waals surface area contributed by atoms with Crippen LogP contribution >= 0.6 is 11.6 Å². The Hall–Kier alpha value is -2.03. The summed E-state index contributed by atoms with van der Waals surface area (Å²) >= 11 is 5.95. The number of piperidine rings is 1. The van der Waals surface area contributed by atoms with Crippen molar-refractivity contribution in [3.8, 4) is 0 Å². The molecule has 0 atom stereocenters. The second kappa shape index (κ2) is 6.36. The van der Waals surface area contributed by atoms with Crippen LogP contribution in [0.2, 0.25) is 5.02 Å². The lowest BCUT2D eigenvalue weighted by molar-refractivity contribution is 0.343. The van der Waals surface area contributed by atoms with E-state index in [9.17, 15) is 8.42 Å². The lowest BCUT2D eigenvalue weighted by Gasteiger charge is -2.22. The zero-order valence-electron chi connectivity index (χ0n) is 13.4. The van der Waals surface area contributed by atoms with E-state index in [1.807, 2.05) is 4.68 Å². The van der Waals surface area contributed by atoms with Crippen LogP contribution in [0.5, 0.6) is 0 Å². The zero-order valence-corrected chi connectivity index (χ0v) is 14.9. The molecule has 1 aromatic carbocycles. The van der Waals surface area contributed by atoms with E-state index in [2.05, 4.69) is 20.1 Å². The van der Waals surface area contributed by atoms with Gasteiger partial charge < -0.3 is 10.3 Å². The Bertz CT molecular complexity index is 1000. The molecule has 0 amide bonds. The van der Waals surface area contributed by atoms with Crippen LogP contribution in [0.3, 0.4) is 0 Å². The fourth-order valence-electron chi connectivity index (χ4n) is 3.17. The highest BCUT2D eigenvalue weighted by Crippen LogP contribution is 2.27. The number of nitrogens with one attached hydrogen (secondary N) is 3. The maximum Gasteiger partial charge on any atom is 0.264 e. The zero-order chi connectivity index (χ0) is 17.4. The number of aromatic nitrogens is 3. The molecule has 0 unspecified atom stereocenters. The maximum absolute atomic E-state index is 12.7. The summed E-state index contributed by atoms with van der Waals surface area (Å²) in [5.41, 5.74) is 1.14. The van der Waals surface area contributed by atoms with Crippen molar-refractivity contribution < 1.29 is 8.42 Å². The van der Waals surface area contributed by atoms with Crippen LogP contribution in [0.1, 0.15) is 18.9 Å². The number of nitrogens with zero attached hydrogens (tertiary/aromatic N) is 2. The molecule has 0 radical (unpaired) electrons. The van der Waals surface area contributed by atoms with Gasteiger partial charge in [-0.05, 0) is 44.1 Å². The standard InChI is InChI=1S/C16H18ClN5O2S/c17-11-1-2-14-15(7-11)19-9-16(14)25(23,24)21-12-8-20-22(10-12)13-3-5-18-6-4-13/h1-2,7-10,13,18-19,21H,3-6H2. The Morgan fingerprint density at radius 2 is 2.08 bits per heavy atom. The molecule has 3 N–H and O–H groups in total. The normalized spacial score (nSPS) is 16.4. The summed E-state index contributed by atoms with van der Waals surface area (Å²) in [6, 6.07) is 5.37. The summed E-state index contributed by atoms with van der Waals surface area (Å²) in [5.74, 6) is 0. The van der Waals surface area contributed by atoms with Crippen molar-refractivity contribution in [3.63, 3.8) is 0 Å². The minimum absolute atomic E-state index is 0.189. The van der Waals surface area contributed by atoms with Crippen LogP contribution in [-0.4, -0.2) is 36.3 Å². The number of H-pyrrole nitrogens is 1. The van der Waals surface area contributed by atoms with E-state index in [-0.39, 0.29) is 4.90 Å². The first kappa shape index (κ1) is 16.4. The molecule has 0 aliphatic carbocycles. The molecular weight excluding hydrogens is 362 g/mol. The number of hydrogen-bond acceptors (Lipinski definition) is 4. The Morgan fingerprint density at radius 3 is 2.88 bits per heavy atom. The summed E-state index contributed by atoms with van der Waals surface area (Å²) in [6.07, 6.45) is 6.74. The second-order valence-corrected chi connectivity index (χ2v) is 8.23. The van der Waals surface area contributed by atoms with Crippen LogP contribution in [0.25, 0.3) is 10.9 Å². The maximum atomic E-state index is 12.7. The monoisotopic (exact) mass is 379 g/mol. The van der Waals surface area contributed by atoms with Gasteiger partial charge in [-0.3, -0.25) is 9.40 Å². The van der Waals surface area contributed by atoms with Gasteiger partial charge in [-0.2, -0.15) is 5.10 Å². The van der Waals surface area contributed by atoms with Crippen LogP contribution in [-0.2, 0) is 10.0 Å². The van der Waals surface area contributed by atoms with Gasteiger partial charge >= 0.3 is 0 Å². The van der Waals surface area contributed by atoms with Gasteiger partial charge in [0.15, 0.2) is 0 Å². The van der Waals surface area contributed by atoms with E-state index in [4.69, 9.17) is 11.6 Å². The van der Waals surface area contributed by atoms with Gasteiger partial charge in [0.25, 0.3) is 10.0 Å². The van der Waals surface area contributed by atoms with Gasteiger partial charge in [0.2, 0.25) is 0 Å².